The smallest absolute Gasteiger partial charge is 0.248 e. The summed E-state index contributed by atoms with van der Waals surface area (Å²) < 4.78 is 6.13. The van der Waals surface area contributed by atoms with Gasteiger partial charge in [-0.25, -0.2) is 9.97 Å². The number of fused-ring (bicyclic) bond motifs is 2. The SMILES string of the molecule is Cc1ccc2cccc(Oc3ncnc(N4CCCc5ccccc54)c3N)c2n1. The summed E-state index contributed by atoms with van der Waals surface area (Å²) in [5.74, 6) is 1.64. The predicted molar refractivity (Wildman–Crippen MR) is 115 cm³/mol. The van der Waals surface area contributed by atoms with Crippen LogP contribution in [0.1, 0.15) is 17.7 Å². The van der Waals surface area contributed by atoms with Gasteiger partial charge in [0.05, 0.1) is 0 Å². The van der Waals surface area contributed by atoms with Gasteiger partial charge in [-0.05, 0) is 43.5 Å². The number of hydrogen-bond acceptors (Lipinski definition) is 6. The zero-order valence-corrected chi connectivity index (χ0v) is 16.2. The molecular formula is C23H21N5O. The van der Waals surface area contributed by atoms with Crippen LogP contribution in [0.3, 0.4) is 0 Å². The lowest BCUT2D eigenvalue weighted by molar-refractivity contribution is 0.468. The highest BCUT2D eigenvalue weighted by Crippen LogP contribution is 2.39. The predicted octanol–water partition coefficient (Wildman–Crippen LogP) is 4.79. The first-order valence-corrected chi connectivity index (χ1v) is 9.71. The Kier molecular flexibility index (Phi) is 4.24. The Balaban J connectivity index is 1.56. The van der Waals surface area contributed by atoms with Gasteiger partial charge in [0.15, 0.2) is 11.6 Å². The maximum atomic E-state index is 6.48. The first kappa shape index (κ1) is 17.4. The molecule has 144 valence electrons. The molecule has 0 atom stereocenters. The third-order valence-corrected chi connectivity index (χ3v) is 5.22. The second-order valence-electron chi connectivity index (χ2n) is 7.18. The van der Waals surface area contributed by atoms with E-state index in [1.54, 1.807) is 0 Å². The molecule has 0 saturated heterocycles. The summed E-state index contributed by atoms with van der Waals surface area (Å²) in [6.45, 7) is 2.81. The van der Waals surface area contributed by atoms with Gasteiger partial charge in [0.2, 0.25) is 5.88 Å². The highest BCUT2D eigenvalue weighted by Gasteiger charge is 2.23. The molecule has 3 heterocycles. The van der Waals surface area contributed by atoms with Gasteiger partial charge in [0.1, 0.15) is 17.5 Å². The zero-order chi connectivity index (χ0) is 19.8. The molecule has 2 aromatic heterocycles. The van der Waals surface area contributed by atoms with E-state index in [2.05, 4.69) is 38.1 Å². The number of anilines is 3. The number of rotatable bonds is 3. The summed E-state index contributed by atoms with van der Waals surface area (Å²) in [6, 6.07) is 18.2. The number of pyridine rings is 1. The van der Waals surface area contributed by atoms with E-state index in [0.29, 0.717) is 23.1 Å². The molecule has 0 saturated carbocycles. The third kappa shape index (κ3) is 3.12. The number of nitrogens with two attached hydrogens (primary N) is 1. The van der Waals surface area contributed by atoms with Crippen molar-refractivity contribution in [2.45, 2.75) is 19.8 Å². The van der Waals surface area contributed by atoms with Crippen LogP contribution < -0.4 is 15.4 Å². The van der Waals surface area contributed by atoms with E-state index >= 15 is 0 Å². The number of aryl methyl sites for hydroxylation is 2. The van der Waals surface area contributed by atoms with Gasteiger partial charge >= 0.3 is 0 Å². The number of ether oxygens (including phenoxy) is 1. The van der Waals surface area contributed by atoms with Gasteiger partial charge < -0.3 is 15.4 Å². The first-order valence-electron chi connectivity index (χ1n) is 9.71. The molecule has 0 radical (unpaired) electrons. The summed E-state index contributed by atoms with van der Waals surface area (Å²) in [4.78, 5) is 15.5. The second-order valence-corrected chi connectivity index (χ2v) is 7.18. The molecule has 0 unspecified atom stereocenters. The Morgan fingerprint density at radius 2 is 1.90 bits per heavy atom. The van der Waals surface area contributed by atoms with Crippen molar-refractivity contribution in [1.29, 1.82) is 0 Å². The average Bonchev–Trinajstić information content (AvgIpc) is 2.75. The number of aromatic nitrogens is 3. The van der Waals surface area contributed by atoms with E-state index in [0.717, 1.165) is 41.7 Å². The Bertz CT molecular complexity index is 1210. The standard InChI is InChI=1S/C23H21N5O/c1-15-11-12-17-7-4-10-19(21(17)27-15)29-23-20(24)22(25-14-26-23)28-13-5-8-16-6-2-3-9-18(16)28/h2-4,6-7,9-12,14H,5,8,13,24H2,1H3. The topological polar surface area (TPSA) is 77.2 Å². The van der Waals surface area contributed by atoms with Crippen LogP contribution in [0.25, 0.3) is 10.9 Å². The Morgan fingerprint density at radius 1 is 1.00 bits per heavy atom. The van der Waals surface area contributed by atoms with Crippen LogP contribution >= 0.6 is 0 Å². The quantitative estimate of drug-likeness (QED) is 0.548. The van der Waals surface area contributed by atoms with Crippen molar-refractivity contribution in [3.05, 3.63) is 72.2 Å². The van der Waals surface area contributed by atoms with Crippen LogP contribution in [0.15, 0.2) is 60.9 Å². The fraction of sp³-hybridized carbons (Fsp3) is 0.174. The van der Waals surface area contributed by atoms with Crippen molar-refractivity contribution < 1.29 is 4.74 Å². The molecular weight excluding hydrogens is 362 g/mol. The Labute approximate surface area is 169 Å². The maximum absolute atomic E-state index is 6.48. The van der Waals surface area contributed by atoms with Crippen molar-refractivity contribution in [1.82, 2.24) is 15.0 Å². The summed E-state index contributed by atoms with van der Waals surface area (Å²) in [6.07, 6.45) is 3.60. The zero-order valence-electron chi connectivity index (χ0n) is 16.2. The fourth-order valence-electron chi connectivity index (χ4n) is 3.82. The summed E-state index contributed by atoms with van der Waals surface area (Å²) >= 11 is 0. The van der Waals surface area contributed by atoms with E-state index in [4.69, 9.17) is 10.5 Å². The molecule has 0 aliphatic carbocycles. The van der Waals surface area contributed by atoms with E-state index in [1.807, 2.05) is 43.3 Å². The van der Waals surface area contributed by atoms with Crippen LogP contribution in [-0.4, -0.2) is 21.5 Å². The Hall–Kier alpha value is -3.67. The number of benzene rings is 2. The number of nitrogens with zero attached hydrogens (tertiary/aromatic N) is 4. The van der Waals surface area contributed by atoms with Crippen LogP contribution in [0.5, 0.6) is 11.6 Å². The highest BCUT2D eigenvalue weighted by molar-refractivity contribution is 5.85. The number of para-hydroxylation sites is 2. The number of nitrogen functional groups attached to an aromatic ring is 1. The minimum atomic E-state index is 0.342. The third-order valence-electron chi connectivity index (χ3n) is 5.22. The molecule has 6 heteroatoms. The van der Waals surface area contributed by atoms with E-state index in [1.165, 1.54) is 11.9 Å². The van der Waals surface area contributed by atoms with Gasteiger partial charge in [-0.15, -0.1) is 0 Å². The molecule has 0 spiro atoms. The van der Waals surface area contributed by atoms with Crippen molar-refractivity contribution in [2.75, 3.05) is 17.2 Å². The molecule has 4 aromatic rings. The molecule has 2 aromatic carbocycles. The van der Waals surface area contributed by atoms with Gasteiger partial charge in [-0.3, -0.25) is 0 Å². The van der Waals surface area contributed by atoms with Crippen molar-refractivity contribution in [3.8, 4) is 11.6 Å². The first-order chi connectivity index (χ1) is 14.2. The second kappa shape index (κ2) is 7.05. The summed E-state index contributed by atoms with van der Waals surface area (Å²) in [5, 5.41) is 1.01. The van der Waals surface area contributed by atoms with Crippen LogP contribution in [0, 0.1) is 6.92 Å². The van der Waals surface area contributed by atoms with E-state index in [9.17, 15) is 0 Å². The molecule has 1 aliphatic heterocycles. The Morgan fingerprint density at radius 3 is 2.83 bits per heavy atom. The fourth-order valence-corrected chi connectivity index (χ4v) is 3.82. The van der Waals surface area contributed by atoms with Crippen molar-refractivity contribution in [3.63, 3.8) is 0 Å². The molecule has 5 rings (SSSR count). The molecule has 2 N–H and O–H groups in total. The molecule has 0 amide bonds. The lowest BCUT2D eigenvalue weighted by Gasteiger charge is -2.31. The van der Waals surface area contributed by atoms with E-state index in [-0.39, 0.29) is 0 Å². The van der Waals surface area contributed by atoms with Crippen molar-refractivity contribution in [2.24, 2.45) is 0 Å². The summed E-state index contributed by atoms with van der Waals surface area (Å²) in [7, 11) is 0. The summed E-state index contributed by atoms with van der Waals surface area (Å²) in [5.41, 5.74) is 11.1. The highest BCUT2D eigenvalue weighted by atomic mass is 16.5. The molecule has 29 heavy (non-hydrogen) atoms. The molecule has 0 bridgehead atoms. The normalized spacial score (nSPS) is 13.3. The van der Waals surface area contributed by atoms with Gasteiger partial charge in [0, 0.05) is 23.3 Å². The van der Waals surface area contributed by atoms with Gasteiger partial charge in [-0.1, -0.05) is 36.4 Å². The monoisotopic (exact) mass is 383 g/mol. The average molecular weight is 383 g/mol. The van der Waals surface area contributed by atoms with Crippen molar-refractivity contribution >= 4 is 28.1 Å². The molecule has 6 nitrogen and oxygen atoms in total. The lowest BCUT2D eigenvalue weighted by atomic mass is 10.0. The molecule has 0 fully saturated rings. The van der Waals surface area contributed by atoms with E-state index < -0.39 is 0 Å². The minimum Gasteiger partial charge on any atom is -0.435 e. The van der Waals surface area contributed by atoms with Crippen LogP contribution in [-0.2, 0) is 6.42 Å². The minimum absolute atomic E-state index is 0.342. The van der Waals surface area contributed by atoms with Gasteiger partial charge in [-0.2, -0.15) is 4.98 Å². The van der Waals surface area contributed by atoms with Crippen LogP contribution in [0.2, 0.25) is 0 Å². The largest absolute Gasteiger partial charge is 0.435 e. The lowest BCUT2D eigenvalue weighted by Crippen LogP contribution is -2.26. The maximum Gasteiger partial charge on any atom is 0.248 e. The molecule has 1 aliphatic rings. The van der Waals surface area contributed by atoms with Crippen LogP contribution in [0.4, 0.5) is 17.2 Å². The van der Waals surface area contributed by atoms with Gasteiger partial charge in [0.25, 0.3) is 0 Å². The number of hydrogen-bond donors (Lipinski definition) is 1.